The molecule has 2 heterocycles. The first-order valence-electron chi connectivity index (χ1n) is 6.54. The van der Waals surface area contributed by atoms with E-state index in [9.17, 15) is 4.79 Å². The van der Waals surface area contributed by atoms with Crippen molar-refractivity contribution in [3.63, 3.8) is 0 Å². The highest BCUT2D eigenvalue weighted by Crippen LogP contribution is 2.10. The van der Waals surface area contributed by atoms with E-state index in [4.69, 9.17) is 0 Å². The number of amides is 1. The first kappa shape index (κ1) is 13.0. The Balaban J connectivity index is 1.93. The van der Waals surface area contributed by atoms with Gasteiger partial charge in [-0.1, -0.05) is 5.21 Å². The number of hydrogen-bond acceptors (Lipinski definition) is 4. The maximum Gasteiger partial charge on any atom is 0.244 e. The fourth-order valence-corrected chi connectivity index (χ4v) is 2.30. The molecular formula is C12H21N5O. The van der Waals surface area contributed by atoms with Gasteiger partial charge in [0, 0.05) is 24.8 Å². The Labute approximate surface area is 107 Å². The van der Waals surface area contributed by atoms with Gasteiger partial charge in [0.2, 0.25) is 5.91 Å². The summed E-state index contributed by atoms with van der Waals surface area (Å²) in [5, 5.41) is 11.0. The average molecular weight is 251 g/mol. The molecular weight excluding hydrogens is 230 g/mol. The van der Waals surface area contributed by atoms with Crippen LogP contribution in [0.15, 0.2) is 12.4 Å². The van der Waals surface area contributed by atoms with Crippen molar-refractivity contribution in [2.75, 3.05) is 13.1 Å². The van der Waals surface area contributed by atoms with Gasteiger partial charge >= 0.3 is 0 Å². The van der Waals surface area contributed by atoms with Crippen LogP contribution in [0, 0.1) is 0 Å². The normalized spacial score (nSPS) is 19.4. The van der Waals surface area contributed by atoms with Crippen LogP contribution in [0.5, 0.6) is 0 Å². The van der Waals surface area contributed by atoms with Crippen LogP contribution in [0.1, 0.15) is 26.7 Å². The minimum atomic E-state index is 0.101. The second-order valence-corrected chi connectivity index (χ2v) is 5.03. The molecule has 1 N–H and O–H groups in total. The summed E-state index contributed by atoms with van der Waals surface area (Å²) < 4.78 is 1.57. The molecule has 0 saturated carbocycles. The molecule has 1 atom stereocenters. The minimum Gasteiger partial charge on any atom is -0.337 e. The lowest BCUT2D eigenvalue weighted by atomic mass is 10.2. The van der Waals surface area contributed by atoms with E-state index >= 15 is 0 Å². The third-order valence-corrected chi connectivity index (χ3v) is 3.29. The maximum absolute atomic E-state index is 12.2. The summed E-state index contributed by atoms with van der Waals surface area (Å²) in [6, 6.07) is 0.649. The summed E-state index contributed by atoms with van der Waals surface area (Å²) in [6.45, 7) is 6.21. The summed E-state index contributed by atoms with van der Waals surface area (Å²) in [7, 11) is 0. The van der Waals surface area contributed by atoms with Gasteiger partial charge in [-0.3, -0.25) is 4.79 Å². The highest BCUT2D eigenvalue weighted by atomic mass is 16.2. The largest absolute Gasteiger partial charge is 0.337 e. The monoisotopic (exact) mass is 251 g/mol. The topological polar surface area (TPSA) is 63.1 Å². The molecule has 0 spiro atoms. The molecule has 0 aromatic carbocycles. The second-order valence-electron chi connectivity index (χ2n) is 5.03. The molecule has 1 unspecified atom stereocenters. The van der Waals surface area contributed by atoms with Gasteiger partial charge in [0.1, 0.15) is 6.54 Å². The second kappa shape index (κ2) is 5.95. The molecule has 0 aliphatic carbocycles. The average Bonchev–Trinajstić information content (AvgIpc) is 2.97. The molecule has 1 aromatic rings. The van der Waals surface area contributed by atoms with Gasteiger partial charge in [0.15, 0.2) is 0 Å². The molecule has 18 heavy (non-hydrogen) atoms. The van der Waals surface area contributed by atoms with E-state index < -0.39 is 0 Å². The number of carbonyl (C=O) groups excluding carboxylic acids is 1. The predicted molar refractivity (Wildman–Crippen MR) is 67.9 cm³/mol. The van der Waals surface area contributed by atoms with Crippen molar-refractivity contribution in [1.82, 2.24) is 25.2 Å². The number of carbonyl (C=O) groups is 1. The first-order valence-corrected chi connectivity index (χ1v) is 6.54. The van der Waals surface area contributed by atoms with E-state index in [1.54, 1.807) is 17.1 Å². The van der Waals surface area contributed by atoms with E-state index in [0.717, 1.165) is 19.5 Å². The zero-order chi connectivity index (χ0) is 13.0. The van der Waals surface area contributed by atoms with Crippen molar-refractivity contribution in [2.45, 2.75) is 45.3 Å². The molecule has 6 heteroatoms. The third-order valence-electron chi connectivity index (χ3n) is 3.29. The van der Waals surface area contributed by atoms with Crippen LogP contribution < -0.4 is 5.32 Å². The zero-order valence-electron chi connectivity index (χ0n) is 11.0. The molecule has 1 saturated heterocycles. The predicted octanol–water partition coefficient (Wildman–Crippen LogP) is 0.267. The van der Waals surface area contributed by atoms with Crippen LogP contribution in [0.4, 0.5) is 0 Å². The van der Waals surface area contributed by atoms with Gasteiger partial charge < -0.3 is 10.2 Å². The van der Waals surface area contributed by atoms with Crippen LogP contribution in [0.3, 0.4) is 0 Å². The van der Waals surface area contributed by atoms with Crippen molar-refractivity contribution >= 4 is 5.91 Å². The first-order chi connectivity index (χ1) is 8.66. The van der Waals surface area contributed by atoms with Crippen LogP contribution >= 0.6 is 0 Å². The Morgan fingerprint density at radius 3 is 3.00 bits per heavy atom. The van der Waals surface area contributed by atoms with Crippen molar-refractivity contribution < 1.29 is 4.79 Å². The summed E-state index contributed by atoms with van der Waals surface area (Å²) in [5.74, 6) is 0.101. The summed E-state index contributed by atoms with van der Waals surface area (Å²) in [6.07, 6.45) is 5.66. The van der Waals surface area contributed by atoms with Crippen molar-refractivity contribution in [1.29, 1.82) is 0 Å². The Morgan fingerprint density at radius 1 is 1.61 bits per heavy atom. The Bertz CT molecular complexity index is 370. The van der Waals surface area contributed by atoms with Crippen LogP contribution in [-0.2, 0) is 11.3 Å². The molecule has 0 bridgehead atoms. The number of nitrogens with zero attached hydrogens (tertiary/aromatic N) is 4. The fraction of sp³-hybridized carbons (Fsp3) is 0.750. The molecule has 2 rings (SSSR count). The molecule has 1 amide bonds. The fourth-order valence-electron chi connectivity index (χ4n) is 2.30. The van der Waals surface area contributed by atoms with Crippen molar-refractivity contribution in [3.8, 4) is 0 Å². The Hall–Kier alpha value is -1.43. The highest BCUT2D eigenvalue weighted by Gasteiger charge is 2.23. The van der Waals surface area contributed by atoms with Gasteiger partial charge in [-0.25, -0.2) is 4.68 Å². The summed E-state index contributed by atoms with van der Waals surface area (Å²) >= 11 is 0. The van der Waals surface area contributed by atoms with E-state index in [1.165, 1.54) is 6.42 Å². The van der Waals surface area contributed by atoms with Gasteiger partial charge in [-0.05, 0) is 33.2 Å². The summed E-state index contributed by atoms with van der Waals surface area (Å²) in [5.41, 5.74) is 0. The van der Waals surface area contributed by atoms with Gasteiger partial charge in [-0.15, -0.1) is 5.10 Å². The van der Waals surface area contributed by atoms with Crippen LogP contribution in [-0.4, -0.2) is 51.0 Å². The van der Waals surface area contributed by atoms with Gasteiger partial charge in [-0.2, -0.15) is 0 Å². The van der Waals surface area contributed by atoms with E-state index in [0.29, 0.717) is 6.04 Å². The van der Waals surface area contributed by atoms with E-state index in [-0.39, 0.29) is 18.5 Å². The molecule has 1 aliphatic heterocycles. The summed E-state index contributed by atoms with van der Waals surface area (Å²) in [4.78, 5) is 14.2. The van der Waals surface area contributed by atoms with Crippen LogP contribution in [0.2, 0.25) is 0 Å². The van der Waals surface area contributed by atoms with E-state index in [1.807, 2.05) is 18.7 Å². The SMILES string of the molecule is CC(C)N(CC1CCCN1)C(=O)Cn1ccnn1. The minimum absolute atomic E-state index is 0.101. The quantitative estimate of drug-likeness (QED) is 0.816. The molecule has 6 nitrogen and oxygen atoms in total. The van der Waals surface area contributed by atoms with Crippen LogP contribution in [0.25, 0.3) is 0 Å². The molecule has 1 aliphatic rings. The lowest BCUT2D eigenvalue weighted by molar-refractivity contribution is -0.134. The van der Waals surface area contributed by atoms with Crippen molar-refractivity contribution in [3.05, 3.63) is 12.4 Å². The Kier molecular flexibility index (Phi) is 4.30. The third kappa shape index (κ3) is 3.29. The number of nitrogens with one attached hydrogen (secondary N) is 1. The number of hydrogen-bond donors (Lipinski definition) is 1. The zero-order valence-corrected chi connectivity index (χ0v) is 11.0. The highest BCUT2D eigenvalue weighted by molar-refractivity contribution is 5.76. The number of rotatable bonds is 5. The van der Waals surface area contributed by atoms with Gasteiger partial charge in [0.25, 0.3) is 0 Å². The molecule has 0 radical (unpaired) electrons. The lowest BCUT2D eigenvalue weighted by Crippen LogP contribution is -2.46. The van der Waals surface area contributed by atoms with Crippen molar-refractivity contribution in [2.24, 2.45) is 0 Å². The lowest BCUT2D eigenvalue weighted by Gasteiger charge is -2.29. The maximum atomic E-state index is 12.2. The smallest absolute Gasteiger partial charge is 0.244 e. The Morgan fingerprint density at radius 2 is 2.44 bits per heavy atom. The van der Waals surface area contributed by atoms with Gasteiger partial charge in [0.05, 0.1) is 6.20 Å². The standard InChI is InChI=1S/C12H21N5O/c1-10(2)17(8-11-4-3-5-13-11)12(18)9-16-7-6-14-15-16/h6-7,10-11,13H,3-5,8-9H2,1-2H3. The molecule has 1 fully saturated rings. The van der Waals surface area contributed by atoms with E-state index in [2.05, 4.69) is 15.6 Å². The molecule has 1 aromatic heterocycles. The molecule has 100 valence electrons. The number of aromatic nitrogens is 3.